The number of nitrogens with zero attached hydrogens (tertiary/aromatic N) is 1. The van der Waals surface area contributed by atoms with Crippen LogP contribution in [0.4, 0.5) is 5.69 Å². The number of anilines is 1. The first-order chi connectivity index (χ1) is 18.4. The molecule has 0 radical (unpaired) electrons. The van der Waals surface area contributed by atoms with Gasteiger partial charge in [-0.3, -0.25) is 14.4 Å². The fourth-order valence-corrected chi connectivity index (χ4v) is 4.34. The zero-order valence-corrected chi connectivity index (χ0v) is 21.2. The number of ketones is 1. The van der Waals surface area contributed by atoms with Crippen LogP contribution in [0, 0.1) is 6.92 Å². The maximum absolute atomic E-state index is 13.5. The molecule has 1 aromatic heterocycles. The van der Waals surface area contributed by atoms with Crippen molar-refractivity contribution in [3.8, 4) is 23.0 Å². The molecule has 1 amide bonds. The third-order valence-corrected chi connectivity index (χ3v) is 6.27. The van der Waals surface area contributed by atoms with E-state index in [-0.39, 0.29) is 30.2 Å². The Morgan fingerprint density at radius 3 is 2.39 bits per heavy atom. The molecule has 0 unspecified atom stereocenters. The highest BCUT2D eigenvalue weighted by atomic mass is 16.7. The number of aromatic nitrogens is 1. The summed E-state index contributed by atoms with van der Waals surface area (Å²) in [6, 6.07) is 15.1. The number of methoxy groups -OCH3 is 1. The second kappa shape index (κ2) is 10.3. The van der Waals surface area contributed by atoms with E-state index < -0.39 is 11.2 Å². The average molecular weight is 515 g/mol. The van der Waals surface area contributed by atoms with Gasteiger partial charge in [-0.05, 0) is 67.9 Å². The Hall–Kier alpha value is -4.79. The van der Waals surface area contributed by atoms with Gasteiger partial charge in [0.15, 0.2) is 17.3 Å². The van der Waals surface area contributed by atoms with Crippen molar-refractivity contribution in [1.82, 2.24) is 4.57 Å². The molecule has 1 aliphatic heterocycles. The maximum atomic E-state index is 13.5. The second-order valence-corrected chi connectivity index (χ2v) is 8.74. The van der Waals surface area contributed by atoms with Crippen molar-refractivity contribution >= 4 is 28.3 Å². The lowest BCUT2D eigenvalue weighted by Crippen LogP contribution is -2.24. The molecule has 4 aromatic rings. The summed E-state index contributed by atoms with van der Waals surface area (Å²) in [4.78, 5) is 40.0. The molecule has 1 N–H and O–H groups in total. The summed E-state index contributed by atoms with van der Waals surface area (Å²) < 4.78 is 23.2. The first-order valence-corrected chi connectivity index (χ1v) is 12.1. The van der Waals surface area contributed by atoms with Crippen LogP contribution in [0.1, 0.15) is 28.4 Å². The van der Waals surface area contributed by atoms with Crippen LogP contribution in [0.25, 0.3) is 10.9 Å². The zero-order chi connectivity index (χ0) is 26.8. The molecule has 0 atom stereocenters. The fraction of sp³-hybridized carbons (Fsp3) is 0.207. The number of fused-ring (bicyclic) bond motifs is 2. The minimum Gasteiger partial charge on any atom is -0.497 e. The number of ether oxygens (including phenoxy) is 4. The van der Waals surface area contributed by atoms with Crippen molar-refractivity contribution in [3.63, 3.8) is 0 Å². The van der Waals surface area contributed by atoms with E-state index in [0.717, 1.165) is 5.56 Å². The summed E-state index contributed by atoms with van der Waals surface area (Å²) in [6.45, 7) is 4.10. The average Bonchev–Trinajstić information content (AvgIpc) is 3.38. The van der Waals surface area contributed by atoms with E-state index in [1.165, 1.54) is 6.20 Å². The lowest BCUT2D eigenvalue weighted by Gasteiger charge is -2.15. The van der Waals surface area contributed by atoms with Crippen molar-refractivity contribution in [3.05, 3.63) is 87.7 Å². The molecule has 38 heavy (non-hydrogen) atoms. The number of amides is 1. The third kappa shape index (κ3) is 4.78. The summed E-state index contributed by atoms with van der Waals surface area (Å²) in [5, 5.41) is 3.14. The SMILES string of the molecule is CCOc1ccc(C(=O)c2cn(CC(=O)Nc3ccc(OC)cc3C)c3cc4c(cc3c2=O)OCO4)cc1. The number of carbonyl (C=O) groups excluding carboxylic acids is 2. The van der Waals surface area contributed by atoms with Gasteiger partial charge in [0.25, 0.3) is 0 Å². The van der Waals surface area contributed by atoms with Gasteiger partial charge < -0.3 is 28.8 Å². The molecule has 0 saturated heterocycles. The second-order valence-electron chi connectivity index (χ2n) is 8.74. The van der Waals surface area contributed by atoms with Crippen LogP contribution in [0.3, 0.4) is 0 Å². The molecule has 0 saturated carbocycles. The summed E-state index contributed by atoms with van der Waals surface area (Å²) in [5.74, 6) is 1.38. The van der Waals surface area contributed by atoms with E-state index in [1.54, 1.807) is 60.2 Å². The van der Waals surface area contributed by atoms with Crippen molar-refractivity contribution in [1.29, 1.82) is 0 Å². The predicted octanol–water partition coefficient (Wildman–Crippen LogP) is 4.32. The normalized spacial score (nSPS) is 11.9. The molecule has 3 aromatic carbocycles. The van der Waals surface area contributed by atoms with Crippen LogP contribution in [-0.2, 0) is 11.3 Å². The minimum atomic E-state index is -0.460. The highest BCUT2D eigenvalue weighted by Gasteiger charge is 2.22. The van der Waals surface area contributed by atoms with Gasteiger partial charge in [0, 0.05) is 23.5 Å². The third-order valence-electron chi connectivity index (χ3n) is 6.27. The number of hydrogen-bond acceptors (Lipinski definition) is 7. The number of carbonyl (C=O) groups is 2. The van der Waals surface area contributed by atoms with E-state index in [4.69, 9.17) is 18.9 Å². The number of aryl methyl sites for hydroxylation is 1. The molecule has 9 heteroatoms. The Labute approximate surface area is 218 Å². The van der Waals surface area contributed by atoms with Gasteiger partial charge in [0.2, 0.25) is 18.1 Å². The Morgan fingerprint density at radius 1 is 1.00 bits per heavy atom. The maximum Gasteiger partial charge on any atom is 0.244 e. The zero-order valence-electron chi connectivity index (χ0n) is 21.2. The Morgan fingerprint density at radius 2 is 1.71 bits per heavy atom. The molecular formula is C29H26N2O7. The molecule has 9 nitrogen and oxygen atoms in total. The van der Waals surface area contributed by atoms with Gasteiger partial charge in [0.1, 0.15) is 18.0 Å². The number of nitrogens with one attached hydrogen (secondary N) is 1. The van der Waals surface area contributed by atoms with Gasteiger partial charge in [-0.2, -0.15) is 0 Å². The van der Waals surface area contributed by atoms with Gasteiger partial charge in [-0.25, -0.2) is 0 Å². The summed E-state index contributed by atoms with van der Waals surface area (Å²) in [5.41, 5.74) is 1.72. The van der Waals surface area contributed by atoms with Gasteiger partial charge >= 0.3 is 0 Å². The smallest absolute Gasteiger partial charge is 0.244 e. The summed E-state index contributed by atoms with van der Waals surface area (Å²) in [7, 11) is 1.58. The molecule has 5 rings (SSSR count). The van der Waals surface area contributed by atoms with Gasteiger partial charge in [0.05, 0.1) is 30.2 Å². The number of rotatable bonds is 8. The number of pyridine rings is 1. The topological polar surface area (TPSA) is 105 Å². The monoisotopic (exact) mass is 514 g/mol. The van der Waals surface area contributed by atoms with Crippen LogP contribution in [-0.4, -0.2) is 36.8 Å². The van der Waals surface area contributed by atoms with E-state index in [2.05, 4.69) is 5.32 Å². The van der Waals surface area contributed by atoms with Gasteiger partial charge in [-0.15, -0.1) is 0 Å². The first-order valence-electron chi connectivity index (χ1n) is 12.1. The van der Waals surface area contributed by atoms with Crippen LogP contribution >= 0.6 is 0 Å². The largest absolute Gasteiger partial charge is 0.497 e. The minimum absolute atomic E-state index is 0.0229. The Kier molecular flexibility index (Phi) is 6.74. The van der Waals surface area contributed by atoms with E-state index in [1.807, 2.05) is 19.9 Å². The Balaban J connectivity index is 1.54. The van der Waals surface area contributed by atoms with Crippen LogP contribution in [0.15, 0.2) is 65.6 Å². The van der Waals surface area contributed by atoms with Crippen molar-refractivity contribution < 1.29 is 28.5 Å². The Bertz CT molecular complexity index is 1610. The fourth-order valence-electron chi connectivity index (χ4n) is 4.34. The van der Waals surface area contributed by atoms with Crippen LogP contribution in [0.5, 0.6) is 23.0 Å². The van der Waals surface area contributed by atoms with Crippen molar-refractivity contribution in [2.24, 2.45) is 0 Å². The molecule has 0 bridgehead atoms. The van der Waals surface area contributed by atoms with E-state index in [0.29, 0.717) is 46.4 Å². The van der Waals surface area contributed by atoms with Gasteiger partial charge in [-0.1, -0.05) is 0 Å². The molecule has 0 aliphatic carbocycles. The predicted molar refractivity (Wildman–Crippen MR) is 142 cm³/mol. The standard InChI is InChI=1S/C29H26N2O7/c1-4-36-19-7-5-18(6-8-19)28(33)22-14-31(15-27(32)30-23-10-9-20(35-3)11-17(23)2)24-13-26-25(37-16-38-26)12-21(24)29(22)34/h5-14H,4,15-16H2,1-3H3,(H,30,32). The quantitative estimate of drug-likeness (QED) is 0.349. The highest BCUT2D eigenvalue weighted by Crippen LogP contribution is 2.35. The van der Waals surface area contributed by atoms with Crippen molar-refractivity contribution in [2.75, 3.05) is 25.8 Å². The highest BCUT2D eigenvalue weighted by molar-refractivity contribution is 6.10. The molecule has 2 heterocycles. The lowest BCUT2D eigenvalue weighted by molar-refractivity contribution is -0.116. The van der Waals surface area contributed by atoms with Crippen LogP contribution in [0.2, 0.25) is 0 Å². The molecule has 1 aliphatic rings. The first kappa shape index (κ1) is 24.9. The molecule has 0 fully saturated rings. The number of benzene rings is 3. The van der Waals surface area contributed by atoms with E-state index in [9.17, 15) is 14.4 Å². The molecule has 194 valence electrons. The summed E-state index contributed by atoms with van der Waals surface area (Å²) in [6.07, 6.45) is 1.42. The van der Waals surface area contributed by atoms with E-state index >= 15 is 0 Å². The lowest BCUT2D eigenvalue weighted by atomic mass is 10.0. The molecular weight excluding hydrogens is 488 g/mol. The summed E-state index contributed by atoms with van der Waals surface area (Å²) >= 11 is 0. The number of hydrogen-bond donors (Lipinski definition) is 1. The van der Waals surface area contributed by atoms with Crippen LogP contribution < -0.4 is 29.7 Å². The molecule has 0 spiro atoms. The van der Waals surface area contributed by atoms with Crippen molar-refractivity contribution in [2.45, 2.75) is 20.4 Å².